The topological polar surface area (TPSA) is 130 Å². The number of rotatable bonds is 7. The minimum Gasteiger partial charge on any atom is -0.494 e. The Morgan fingerprint density at radius 1 is 1.26 bits per heavy atom. The smallest absolute Gasteiger partial charge is 0.407 e. The van der Waals surface area contributed by atoms with E-state index < -0.39 is 11.9 Å². The van der Waals surface area contributed by atoms with E-state index in [9.17, 15) is 14.0 Å². The van der Waals surface area contributed by atoms with Crippen LogP contribution in [-0.4, -0.2) is 69.8 Å². The number of halogens is 1. The lowest BCUT2D eigenvalue weighted by atomic mass is 10.1. The lowest BCUT2D eigenvalue weighted by Crippen LogP contribution is -2.38. The molecule has 0 unspecified atom stereocenters. The highest BCUT2D eigenvalue weighted by molar-refractivity contribution is 6.08. The quantitative estimate of drug-likeness (QED) is 0.485. The van der Waals surface area contributed by atoms with Gasteiger partial charge in [-0.1, -0.05) is 0 Å². The van der Waals surface area contributed by atoms with Gasteiger partial charge in [0.15, 0.2) is 11.6 Å². The number of carboxylic acid groups (broad SMARTS) is 1. The number of nitrogens with one attached hydrogen (secondary N) is 2. The van der Waals surface area contributed by atoms with E-state index in [0.717, 1.165) is 12.8 Å². The Kier molecular flexibility index (Phi) is 5.68. The molecule has 11 heteroatoms. The summed E-state index contributed by atoms with van der Waals surface area (Å²) in [6.45, 7) is 1.09. The van der Waals surface area contributed by atoms with Crippen molar-refractivity contribution in [2.45, 2.75) is 25.3 Å². The largest absolute Gasteiger partial charge is 0.494 e. The summed E-state index contributed by atoms with van der Waals surface area (Å²) in [4.78, 5) is 37.1. The van der Waals surface area contributed by atoms with Crippen LogP contribution < -0.4 is 14.8 Å². The average Bonchev–Trinajstić information content (AvgIpc) is 3.35. The van der Waals surface area contributed by atoms with Crippen molar-refractivity contribution in [2.75, 3.05) is 26.8 Å². The molecule has 1 aromatic carbocycles. The van der Waals surface area contributed by atoms with E-state index in [-0.39, 0.29) is 24.2 Å². The molecule has 10 nitrogen and oxygen atoms in total. The van der Waals surface area contributed by atoms with Crippen LogP contribution in [0, 0.1) is 11.7 Å². The molecule has 34 heavy (non-hydrogen) atoms. The number of fused-ring (bicyclic) bond motifs is 1. The predicted octanol–water partition coefficient (Wildman–Crippen LogP) is 3.04. The summed E-state index contributed by atoms with van der Waals surface area (Å²) < 4.78 is 25.5. The molecule has 3 heterocycles. The molecule has 0 bridgehead atoms. The molecule has 1 aliphatic heterocycles. The normalized spacial score (nSPS) is 17.7. The number of aromatic amines is 1. The molecule has 1 aliphatic carbocycles. The first-order valence-corrected chi connectivity index (χ1v) is 11.1. The molecule has 5 rings (SSSR count). The molecule has 2 aliphatic rings. The fraction of sp³-hybridized carbons (Fsp3) is 0.391. The lowest BCUT2D eigenvalue weighted by molar-refractivity contribution is 0.0937. The van der Waals surface area contributed by atoms with Gasteiger partial charge in [0.2, 0.25) is 0 Å². The van der Waals surface area contributed by atoms with Crippen molar-refractivity contribution in [1.29, 1.82) is 0 Å². The molecule has 3 N–H and O–H groups in total. The fourth-order valence-electron chi connectivity index (χ4n) is 4.12. The highest BCUT2D eigenvalue weighted by Crippen LogP contribution is 2.39. The zero-order chi connectivity index (χ0) is 23.8. The molecule has 2 fully saturated rings. The van der Waals surface area contributed by atoms with Gasteiger partial charge in [0, 0.05) is 37.0 Å². The maximum Gasteiger partial charge on any atom is 0.407 e. The number of benzene rings is 1. The second kappa shape index (κ2) is 8.81. The molecule has 2 aromatic heterocycles. The first-order valence-electron chi connectivity index (χ1n) is 11.1. The Labute approximate surface area is 194 Å². The Balaban J connectivity index is 1.47. The van der Waals surface area contributed by atoms with Crippen molar-refractivity contribution in [3.63, 3.8) is 0 Å². The second-order valence-corrected chi connectivity index (χ2v) is 8.57. The average molecular weight is 469 g/mol. The van der Waals surface area contributed by atoms with Gasteiger partial charge in [-0.3, -0.25) is 4.79 Å². The maximum atomic E-state index is 14.4. The van der Waals surface area contributed by atoms with Gasteiger partial charge in [0.25, 0.3) is 5.91 Å². The Morgan fingerprint density at radius 2 is 2.09 bits per heavy atom. The van der Waals surface area contributed by atoms with E-state index in [1.807, 2.05) is 0 Å². The van der Waals surface area contributed by atoms with Crippen LogP contribution in [-0.2, 0) is 0 Å². The van der Waals surface area contributed by atoms with Crippen LogP contribution >= 0.6 is 0 Å². The monoisotopic (exact) mass is 469 g/mol. The zero-order valence-corrected chi connectivity index (χ0v) is 18.5. The molecule has 0 spiro atoms. The Bertz CT molecular complexity index is 1260. The van der Waals surface area contributed by atoms with Crippen LogP contribution in [0.1, 0.15) is 29.6 Å². The minimum absolute atomic E-state index is 0.0503. The molecule has 1 saturated carbocycles. The molecule has 1 saturated heterocycles. The summed E-state index contributed by atoms with van der Waals surface area (Å²) >= 11 is 0. The summed E-state index contributed by atoms with van der Waals surface area (Å²) in [5.41, 5.74) is 2.17. The minimum atomic E-state index is -1.00. The molecular weight excluding hydrogens is 445 g/mol. The number of aromatic nitrogens is 3. The number of H-pyrrole nitrogens is 1. The summed E-state index contributed by atoms with van der Waals surface area (Å²) in [7, 11) is 1.38. The number of ether oxygens (including phenoxy) is 2. The highest BCUT2D eigenvalue weighted by Gasteiger charge is 2.29. The number of amides is 2. The standard InChI is InChI=1S/C23H24FN5O5/c1-33-18-6-14(17(7-16(18)24)34-10-12-2-3-12)19-21-20(27-11-26-19)15(8-25-21)22(30)28-13-4-5-29(9-13)23(31)32/h6-8,11-13,25H,2-5,9-10H2,1H3,(H,28,30)(H,31,32)/t13-/m1/s1. The van der Waals surface area contributed by atoms with Gasteiger partial charge in [-0.25, -0.2) is 19.2 Å². The van der Waals surface area contributed by atoms with Crippen molar-refractivity contribution >= 4 is 23.0 Å². The SMILES string of the molecule is COc1cc(-c2ncnc3c(C(=O)N[C@@H]4CCN(C(=O)O)C4)c[nH]c23)c(OCC2CC2)cc1F. The first-order chi connectivity index (χ1) is 16.4. The lowest BCUT2D eigenvalue weighted by Gasteiger charge is -2.14. The van der Waals surface area contributed by atoms with Gasteiger partial charge < -0.3 is 29.8 Å². The van der Waals surface area contributed by atoms with E-state index in [0.29, 0.717) is 59.1 Å². The maximum absolute atomic E-state index is 14.4. The van der Waals surface area contributed by atoms with Crippen molar-refractivity contribution in [3.05, 3.63) is 36.0 Å². The number of hydrogen-bond donors (Lipinski definition) is 3. The van der Waals surface area contributed by atoms with Crippen molar-refractivity contribution in [2.24, 2.45) is 5.92 Å². The number of likely N-dealkylation sites (tertiary alicyclic amines) is 1. The highest BCUT2D eigenvalue weighted by atomic mass is 19.1. The predicted molar refractivity (Wildman–Crippen MR) is 120 cm³/mol. The Hall–Kier alpha value is -3.89. The number of methoxy groups -OCH3 is 1. The van der Waals surface area contributed by atoms with Gasteiger partial charge in [-0.15, -0.1) is 0 Å². The summed E-state index contributed by atoms with van der Waals surface area (Å²) in [6.07, 6.45) is 4.59. The molecule has 3 aromatic rings. The van der Waals surface area contributed by atoms with Crippen molar-refractivity contribution in [1.82, 2.24) is 25.2 Å². The third-order valence-corrected chi connectivity index (χ3v) is 6.18. The second-order valence-electron chi connectivity index (χ2n) is 8.57. The van der Waals surface area contributed by atoms with Crippen LogP contribution in [0.2, 0.25) is 0 Å². The van der Waals surface area contributed by atoms with Crippen LogP contribution in [0.25, 0.3) is 22.3 Å². The first kappa shape index (κ1) is 21.9. The van der Waals surface area contributed by atoms with Crippen LogP contribution in [0.4, 0.5) is 9.18 Å². The van der Waals surface area contributed by atoms with Crippen molar-refractivity contribution < 1.29 is 28.6 Å². The van der Waals surface area contributed by atoms with E-state index in [1.165, 1.54) is 36.7 Å². The van der Waals surface area contributed by atoms with E-state index >= 15 is 0 Å². The molecular formula is C23H24FN5O5. The number of carbonyl (C=O) groups is 2. The third kappa shape index (κ3) is 4.20. The molecule has 1 atom stereocenters. The zero-order valence-electron chi connectivity index (χ0n) is 18.5. The molecule has 2 amide bonds. The molecule has 0 radical (unpaired) electrons. The van der Waals surface area contributed by atoms with Gasteiger partial charge in [0.05, 0.1) is 24.8 Å². The van der Waals surface area contributed by atoms with Gasteiger partial charge in [-0.2, -0.15) is 0 Å². The fourth-order valence-corrected chi connectivity index (χ4v) is 4.12. The summed E-state index contributed by atoms with van der Waals surface area (Å²) in [6, 6.07) is 2.53. The number of nitrogens with zero attached hydrogens (tertiary/aromatic N) is 3. The third-order valence-electron chi connectivity index (χ3n) is 6.18. The van der Waals surface area contributed by atoms with Crippen LogP contribution in [0.3, 0.4) is 0 Å². The van der Waals surface area contributed by atoms with Crippen molar-refractivity contribution in [3.8, 4) is 22.8 Å². The summed E-state index contributed by atoms with van der Waals surface area (Å²) in [5, 5.41) is 12.0. The van der Waals surface area contributed by atoms with Crippen LogP contribution in [0.15, 0.2) is 24.7 Å². The van der Waals surface area contributed by atoms with Gasteiger partial charge >= 0.3 is 6.09 Å². The van der Waals surface area contributed by atoms with E-state index in [4.69, 9.17) is 14.6 Å². The number of hydrogen-bond acceptors (Lipinski definition) is 6. The number of carbonyl (C=O) groups excluding carboxylic acids is 1. The summed E-state index contributed by atoms with van der Waals surface area (Å²) in [5.74, 6) is -0.0486. The van der Waals surface area contributed by atoms with E-state index in [2.05, 4.69) is 20.3 Å². The van der Waals surface area contributed by atoms with E-state index in [1.54, 1.807) is 0 Å². The van der Waals surface area contributed by atoms with Gasteiger partial charge in [-0.05, 0) is 31.2 Å². The Morgan fingerprint density at radius 3 is 2.79 bits per heavy atom. The van der Waals surface area contributed by atoms with Crippen LogP contribution in [0.5, 0.6) is 11.5 Å². The molecule has 178 valence electrons. The van der Waals surface area contributed by atoms with Gasteiger partial charge in [0.1, 0.15) is 23.3 Å².